The van der Waals surface area contributed by atoms with Crippen LogP contribution in [0.5, 0.6) is 5.75 Å². The van der Waals surface area contributed by atoms with Crippen LogP contribution in [-0.4, -0.2) is 37.0 Å². The third kappa shape index (κ3) is 6.50. The van der Waals surface area contributed by atoms with E-state index in [0.29, 0.717) is 23.7 Å². The van der Waals surface area contributed by atoms with Crippen molar-refractivity contribution in [1.29, 1.82) is 0 Å². The van der Waals surface area contributed by atoms with E-state index in [0.717, 1.165) is 0 Å². The lowest BCUT2D eigenvalue weighted by molar-refractivity contribution is -0.153. The summed E-state index contributed by atoms with van der Waals surface area (Å²) in [6.45, 7) is 3.70. The van der Waals surface area contributed by atoms with E-state index in [1.165, 1.54) is 13.2 Å². The average Bonchev–Trinajstić information content (AvgIpc) is 3.18. The maximum atomic E-state index is 12.0. The Hall–Kier alpha value is -3.29. The van der Waals surface area contributed by atoms with Gasteiger partial charge in [0, 0.05) is 5.56 Å². The van der Waals surface area contributed by atoms with Crippen LogP contribution in [0.25, 0.3) is 0 Å². The molecule has 27 heavy (non-hydrogen) atoms. The number of benzene rings is 1. The molecule has 1 aromatic carbocycles. The van der Waals surface area contributed by atoms with Crippen LogP contribution in [0.3, 0.4) is 0 Å². The van der Waals surface area contributed by atoms with Crippen LogP contribution in [0, 0.1) is 0 Å². The van der Waals surface area contributed by atoms with Crippen LogP contribution >= 0.6 is 0 Å². The smallest absolute Gasteiger partial charge is 0.326 e. The standard InChI is InChI=1S/C19H22N2O6/c1-3-25-15-8-6-14(7-9-15)19(24)21-12-17(22)27-13(2)18(23)20-11-16-5-4-10-26-16/h4-10,13H,3,11-12H2,1-2H3,(H,20,23)(H,21,24)/t13-/m1/s1. The van der Waals surface area contributed by atoms with Crippen LogP contribution < -0.4 is 15.4 Å². The van der Waals surface area contributed by atoms with Gasteiger partial charge in [-0.05, 0) is 50.2 Å². The monoisotopic (exact) mass is 374 g/mol. The maximum Gasteiger partial charge on any atom is 0.326 e. The summed E-state index contributed by atoms with van der Waals surface area (Å²) in [5.41, 5.74) is 0.385. The number of carbonyl (C=O) groups excluding carboxylic acids is 3. The third-order valence-corrected chi connectivity index (χ3v) is 3.52. The molecule has 1 aromatic heterocycles. The lowest BCUT2D eigenvalue weighted by atomic mass is 10.2. The van der Waals surface area contributed by atoms with Crippen molar-refractivity contribution >= 4 is 17.8 Å². The largest absolute Gasteiger partial charge is 0.494 e. The van der Waals surface area contributed by atoms with E-state index in [-0.39, 0.29) is 13.1 Å². The fourth-order valence-electron chi connectivity index (χ4n) is 2.15. The number of ether oxygens (including phenoxy) is 2. The van der Waals surface area contributed by atoms with Crippen molar-refractivity contribution in [3.05, 3.63) is 54.0 Å². The normalized spacial score (nSPS) is 11.3. The van der Waals surface area contributed by atoms with Gasteiger partial charge in [0.15, 0.2) is 6.10 Å². The number of nitrogens with one attached hydrogen (secondary N) is 2. The van der Waals surface area contributed by atoms with Crippen LogP contribution in [0.4, 0.5) is 0 Å². The number of rotatable bonds is 9. The zero-order valence-electron chi connectivity index (χ0n) is 15.2. The molecule has 2 aromatic rings. The van der Waals surface area contributed by atoms with E-state index in [4.69, 9.17) is 13.9 Å². The molecule has 0 spiro atoms. The molecule has 0 saturated heterocycles. The Labute approximate surface area is 156 Å². The molecule has 2 amide bonds. The molecule has 2 N–H and O–H groups in total. The second kappa shape index (κ2) is 10.0. The second-order valence-corrected chi connectivity index (χ2v) is 5.57. The van der Waals surface area contributed by atoms with Gasteiger partial charge in [-0.25, -0.2) is 0 Å². The van der Waals surface area contributed by atoms with E-state index in [9.17, 15) is 14.4 Å². The average molecular weight is 374 g/mol. The molecular weight excluding hydrogens is 352 g/mol. The van der Waals surface area contributed by atoms with Crippen molar-refractivity contribution in [2.24, 2.45) is 0 Å². The molecule has 1 heterocycles. The zero-order chi connectivity index (χ0) is 19.6. The van der Waals surface area contributed by atoms with Crippen molar-refractivity contribution in [1.82, 2.24) is 10.6 Å². The summed E-state index contributed by atoms with van der Waals surface area (Å²) in [5, 5.41) is 5.04. The number of esters is 1. The highest BCUT2D eigenvalue weighted by Crippen LogP contribution is 2.11. The molecular formula is C19H22N2O6. The van der Waals surface area contributed by atoms with Crippen molar-refractivity contribution in [3.63, 3.8) is 0 Å². The van der Waals surface area contributed by atoms with Gasteiger partial charge in [-0.15, -0.1) is 0 Å². The summed E-state index contributed by atoms with van der Waals surface area (Å²) in [4.78, 5) is 35.7. The lowest BCUT2D eigenvalue weighted by Crippen LogP contribution is -2.38. The quantitative estimate of drug-likeness (QED) is 0.647. The van der Waals surface area contributed by atoms with Gasteiger partial charge in [-0.2, -0.15) is 0 Å². The molecule has 0 aliphatic carbocycles. The van der Waals surface area contributed by atoms with Gasteiger partial charge in [-0.3, -0.25) is 14.4 Å². The van der Waals surface area contributed by atoms with Gasteiger partial charge in [-0.1, -0.05) is 0 Å². The summed E-state index contributed by atoms with van der Waals surface area (Å²) in [5.74, 6) is -0.357. The van der Waals surface area contributed by atoms with E-state index in [2.05, 4.69) is 10.6 Å². The topological polar surface area (TPSA) is 107 Å². The first-order valence-corrected chi connectivity index (χ1v) is 8.50. The van der Waals surface area contributed by atoms with E-state index in [1.807, 2.05) is 6.92 Å². The van der Waals surface area contributed by atoms with Gasteiger partial charge < -0.3 is 24.5 Å². The highest BCUT2D eigenvalue weighted by atomic mass is 16.5. The second-order valence-electron chi connectivity index (χ2n) is 5.57. The molecule has 0 radical (unpaired) electrons. The van der Waals surface area contributed by atoms with Crippen molar-refractivity contribution in [2.75, 3.05) is 13.2 Å². The molecule has 2 rings (SSSR count). The fourth-order valence-corrected chi connectivity index (χ4v) is 2.15. The Morgan fingerprint density at radius 2 is 1.85 bits per heavy atom. The SMILES string of the molecule is CCOc1ccc(C(=O)NCC(=O)O[C@H](C)C(=O)NCc2ccco2)cc1. The molecule has 0 saturated carbocycles. The Balaban J connectivity index is 1.72. The fraction of sp³-hybridized carbons (Fsp3) is 0.316. The molecule has 0 aliphatic rings. The highest BCUT2D eigenvalue weighted by Gasteiger charge is 2.18. The number of hydrogen-bond donors (Lipinski definition) is 2. The maximum absolute atomic E-state index is 12.0. The van der Waals surface area contributed by atoms with Crippen LogP contribution in [-0.2, 0) is 20.9 Å². The Kier molecular flexibility index (Phi) is 7.42. The predicted octanol–water partition coefficient (Wildman–Crippen LogP) is 1.66. The zero-order valence-corrected chi connectivity index (χ0v) is 15.2. The van der Waals surface area contributed by atoms with Gasteiger partial charge in [0.2, 0.25) is 0 Å². The molecule has 8 heteroatoms. The molecule has 144 valence electrons. The molecule has 0 aliphatic heterocycles. The minimum Gasteiger partial charge on any atom is -0.494 e. The Morgan fingerprint density at radius 3 is 2.48 bits per heavy atom. The number of carbonyl (C=O) groups is 3. The van der Waals surface area contributed by atoms with E-state index >= 15 is 0 Å². The first-order chi connectivity index (χ1) is 13.0. The first kappa shape index (κ1) is 20.0. The number of hydrogen-bond acceptors (Lipinski definition) is 6. The Bertz CT molecular complexity index is 755. The van der Waals surface area contributed by atoms with E-state index < -0.39 is 23.9 Å². The van der Waals surface area contributed by atoms with Gasteiger partial charge in [0.25, 0.3) is 11.8 Å². The van der Waals surface area contributed by atoms with Gasteiger partial charge in [0.05, 0.1) is 19.4 Å². The highest BCUT2D eigenvalue weighted by molar-refractivity contribution is 5.96. The van der Waals surface area contributed by atoms with Crippen LogP contribution in [0.1, 0.15) is 30.0 Å². The van der Waals surface area contributed by atoms with Gasteiger partial charge >= 0.3 is 5.97 Å². The lowest BCUT2D eigenvalue weighted by Gasteiger charge is -2.13. The first-order valence-electron chi connectivity index (χ1n) is 8.50. The van der Waals surface area contributed by atoms with Crippen molar-refractivity contribution in [2.45, 2.75) is 26.5 Å². The molecule has 1 atom stereocenters. The Morgan fingerprint density at radius 1 is 1.11 bits per heavy atom. The van der Waals surface area contributed by atoms with Crippen LogP contribution in [0.15, 0.2) is 47.1 Å². The van der Waals surface area contributed by atoms with E-state index in [1.54, 1.807) is 36.4 Å². The minimum absolute atomic E-state index is 0.197. The van der Waals surface area contributed by atoms with Crippen molar-refractivity contribution < 1.29 is 28.3 Å². The number of amides is 2. The molecule has 0 bridgehead atoms. The molecule has 0 unspecified atom stereocenters. The summed E-state index contributed by atoms with van der Waals surface area (Å²) in [6.07, 6.45) is 0.507. The summed E-state index contributed by atoms with van der Waals surface area (Å²) >= 11 is 0. The summed E-state index contributed by atoms with van der Waals surface area (Å²) in [7, 11) is 0. The number of furan rings is 1. The summed E-state index contributed by atoms with van der Waals surface area (Å²) in [6, 6.07) is 9.95. The van der Waals surface area contributed by atoms with Gasteiger partial charge in [0.1, 0.15) is 18.1 Å². The molecule has 8 nitrogen and oxygen atoms in total. The molecule has 0 fully saturated rings. The van der Waals surface area contributed by atoms with Crippen molar-refractivity contribution in [3.8, 4) is 5.75 Å². The predicted molar refractivity (Wildman–Crippen MR) is 96.1 cm³/mol. The third-order valence-electron chi connectivity index (χ3n) is 3.52. The summed E-state index contributed by atoms with van der Waals surface area (Å²) < 4.78 is 15.4. The minimum atomic E-state index is -0.991. The van der Waals surface area contributed by atoms with Crippen LogP contribution in [0.2, 0.25) is 0 Å².